The fourth-order valence-electron chi connectivity index (χ4n) is 2.34. The monoisotopic (exact) mass is 372 g/mol. The van der Waals surface area contributed by atoms with Gasteiger partial charge in [-0.25, -0.2) is 4.79 Å². The van der Waals surface area contributed by atoms with Crippen molar-refractivity contribution in [1.29, 1.82) is 0 Å². The molecule has 2 rings (SSSR count). The second kappa shape index (κ2) is 8.07. The largest absolute Gasteiger partial charge is 0.457 e. The van der Waals surface area contributed by atoms with Gasteiger partial charge in [-0.1, -0.05) is 6.07 Å². The number of carbonyl (C=O) groups is 1. The van der Waals surface area contributed by atoms with Gasteiger partial charge in [0.05, 0.1) is 17.0 Å². The fraction of sp³-hybridized carbons (Fsp3) is 0.350. The summed E-state index contributed by atoms with van der Waals surface area (Å²) < 4.78 is 11.0. The maximum atomic E-state index is 11.8. The molecule has 0 aliphatic heterocycles. The van der Waals surface area contributed by atoms with Gasteiger partial charge in [0.1, 0.15) is 17.1 Å². The van der Waals surface area contributed by atoms with Crippen LogP contribution in [-0.4, -0.2) is 16.6 Å². The summed E-state index contributed by atoms with van der Waals surface area (Å²) >= 11 is 0. The molecule has 2 aromatic rings. The Balaban J connectivity index is 2.19. The Hall–Kier alpha value is -3.09. The summed E-state index contributed by atoms with van der Waals surface area (Å²) in [6, 6.07) is 10.1. The van der Waals surface area contributed by atoms with Crippen LogP contribution in [0.3, 0.4) is 0 Å². The number of benzene rings is 2. The van der Waals surface area contributed by atoms with Crippen molar-refractivity contribution < 1.29 is 19.2 Å². The van der Waals surface area contributed by atoms with Gasteiger partial charge in [-0.3, -0.25) is 10.1 Å². The molecule has 0 fully saturated rings. The Morgan fingerprint density at radius 2 is 1.70 bits per heavy atom. The molecule has 27 heavy (non-hydrogen) atoms. The van der Waals surface area contributed by atoms with Crippen molar-refractivity contribution >= 4 is 11.8 Å². The summed E-state index contributed by atoms with van der Waals surface area (Å²) in [6.07, 6.45) is -0.641. The van der Waals surface area contributed by atoms with Gasteiger partial charge in [-0.05, 0) is 70.0 Å². The first-order chi connectivity index (χ1) is 12.5. The van der Waals surface area contributed by atoms with E-state index in [9.17, 15) is 14.9 Å². The van der Waals surface area contributed by atoms with Crippen molar-refractivity contribution in [3.63, 3.8) is 0 Å². The van der Waals surface area contributed by atoms with Gasteiger partial charge in [0.2, 0.25) is 0 Å². The minimum absolute atomic E-state index is 0.0463. The summed E-state index contributed by atoms with van der Waals surface area (Å²) in [6.45, 7) is 9.17. The maximum absolute atomic E-state index is 11.8. The van der Waals surface area contributed by atoms with Gasteiger partial charge in [-0.2, -0.15) is 0 Å². The molecule has 0 aliphatic carbocycles. The molecule has 0 aromatic heterocycles. The van der Waals surface area contributed by atoms with Crippen LogP contribution in [0.1, 0.15) is 37.5 Å². The fourth-order valence-corrected chi connectivity index (χ4v) is 2.34. The molecule has 1 N–H and O–H groups in total. The van der Waals surface area contributed by atoms with Crippen LogP contribution in [0.15, 0.2) is 36.4 Å². The number of nitrogens with one attached hydrogen (secondary N) is 1. The van der Waals surface area contributed by atoms with Crippen molar-refractivity contribution in [3.8, 4) is 11.5 Å². The van der Waals surface area contributed by atoms with E-state index in [-0.39, 0.29) is 12.2 Å². The second-order valence-corrected chi connectivity index (χ2v) is 7.25. The van der Waals surface area contributed by atoms with Crippen LogP contribution in [0.2, 0.25) is 0 Å². The number of ether oxygens (including phenoxy) is 2. The molecular formula is C20H24N2O5. The standard InChI is InChI=1S/C20H24N2O5/c1-13-6-7-16(10-14(13)2)26-17-8-9-18(22(24)25)15(11-17)12-21-19(23)27-20(3,4)5/h6-11H,12H2,1-5H3,(H,21,23). The first-order valence-electron chi connectivity index (χ1n) is 8.54. The summed E-state index contributed by atoms with van der Waals surface area (Å²) in [5, 5.41) is 13.8. The molecule has 0 saturated carbocycles. The SMILES string of the molecule is Cc1ccc(Oc2ccc([N+](=O)[O-])c(CNC(=O)OC(C)(C)C)c2)cc1C. The summed E-state index contributed by atoms with van der Waals surface area (Å²) in [7, 11) is 0. The second-order valence-electron chi connectivity index (χ2n) is 7.25. The first-order valence-corrected chi connectivity index (χ1v) is 8.54. The lowest BCUT2D eigenvalue weighted by atomic mass is 10.1. The Morgan fingerprint density at radius 3 is 2.30 bits per heavy atom. The predicted octanol–water partition coefficient (Wildman–Crippen LogP) is 5.03. The van der Waals surface area contributed by atoms with E-state index in [1.54, 1.807) is 26.8 Å². The number of rotatable bonds is 5. The molecule has 0 spiro atoms. The lowest BCUT2D eigenvalue weighted by molar-refractivity contribution is -0.385. The minimum atomic E-state index is -0.649. The number of nitro benzene ring substituents is 1. The highest BCUT2D eigenvalue weighted by Crippen LogP contribution is 2.28. The number of nitrogens with zero attached hydrogens (tertiary/aromatic N) is 1. The zero-order valence-corrected chi connectivity index (χ0v) is 16.2. The normalized spacial score (nSPS) is 11.0. The summed E-state index contributed by atoms with van der Waals surface area (Å²) in [5.41, 5.74) is 1.81. The van der Waals surface area contributed by atoms with Crippen molar-refractivity contribution in [3.05, 3.63) is 63.2 Å². The average Bonchev–Trinajstić information content (AvgIpc) is 2.55. The number of hydrogen-bond donors (Lipinski definition) is 1. The molecule has 144 valence electrons. The number of nitro groups is 1. The van der Waals surface area contributed by atoms with E-state index in [1.165, 1.54) is 12.1 Å². The lowest BCUT2D eigenvalue weighted by Crippen LogP contribution is -2.32. The smallest absolute Gasteiger partial charge is 0.407 e. The molecule has 7 heteroatoms. The summed E-state index contributed by atoms with van der Waals surface area (Å²) in [5.74, 6) is 1.09. The Labute approximate surface area is 158 Å². The highest BCUT2D eigenvalue weighted by molar-refractivity contribution is 5.68. The Bertz CT molecular complexity index is 856. The predicted molar refractivity (Wildman–Crippen MR) is 102 cm³/mol. The van der Waals surface area contributed by atoms with Crippen LogP contribution < -0.4 is 10.1 Å². The van der Waals surface area contributed by atoms with E-state index in [2.05, 4.69) is 5.32 Å². The topological polar surface area (TPSA) is 90.7 Å². The molecule has 0 unspecified atom stereocenters. The van der Waals surface area contributed by atoms with E-state index in [0.29, 0.717) is 17.1 Å². The zero-order valence-electron chi connectivity index (χ0n) is 16.2. The lowest BCUT2D eigenvalue weighted by Gasteiger charge is -2.19. The molecule has 2 aromatic carbocycles. The van der Waals surface area contributed by atoms with E-state index >= 15 is 0 Å². The number of amides is 1. The van der Waals surface area contributed by atoms with Crippen LogP contribution in [-0.2, 0) is 11.3 Å². The van der Waals surface area contributed by atoms with Gasteiger partial charge >= 0.3 is 6.09 Å². The molecular weight excluding hydrogens is 348 g/mol. The van der Waals surface area contributed by atoms with Crippen LogP contribution in [0, 0.1) is 24.0 Å². The van der Waals surface area contributed by atoms with Gasteiger partial charge < -0.3 is 14.8 Å². The highest BCUT2D eigenvalue weighted by Gasteiger charge is 2.19. The van der Waals surface area contributed by atoms with Gasteiger partial charge in [0.15, 0.2) is 0 Å². The zero-order chi connectivity index (χ0) is 20.2. The molecule has 1 amide bonds. The van der Waals surface area contributed by atoms with Crippen molar-refractivity contribution in [2.24, 2.45) is 0 Å². The van der Waals surface area contributed by atoms with Crippen LogP contribution in [0.5, 0.6) is 11.5 Å². The van der Waals surface area contributed by atoms with Crippen LogP contribution >= 0.6 is 0 Å². The van der Waals surface area contributed by atoms with E-state index in [0.717, 1.165) is 11.1 Å². The molecule has 0 radical (unpaired) electrons. The molecule has 0 bridgehead atoms. The Kier molecular flexibility index (Phi) is 6.05. The van der Waals surface area contributed by atoms with Crippen LogP contribution in [0.25, 0.3) is 0 Å². The van der Waals surface area contributed by atoms with E-state index < -0.39 is 16.6 Å². The van der Waals surface area contributed by atoms with E-state index in [4.69, 9.17) is 9.47 Å². The van der Waals surface area contributed by atoms with E-state index in [1.807, 2.05) is 32.0 Å². The molecule has 7 nitrogen and oxygen atoms in total. The number of carbonyl (C=O) groups excluding carboxylic acids is 1. The minimum Gasteiger partial charge on any atom is -0.457 e. The van der Waals surface area contributed by atoms with Gasteiger partial charge in [0.25, 0.3) is 5.69 Å². The summed E-state index contributed by atoms with van der Waals surface area (Å²) in [4.78, 5) is 22.6. The highest BCUT2D eigenvalue weighted by atomic mass is 16.6. The van der Waals surface area contributed by atoms with Gasteiger partial charge in [0, 0.05) is 6.07 Å². The molecule has 0 aliphatic rings. The third-order valence-electron chi connectivity index (χ3n) is 3.78. The molecule has 0 heterocycles. The molecule has 0 saturated heterocycles. The quantitative estimate of drug-likeness (QED) is 0.587. The number of aryl methyl sites for hydroxylation is 2. The van der Waals surface area contributed by atoms with Crippen molar-refractivity contribution in [1.82, 2.24) is 5.32 Å². The van der Waals surface area contributed by atoms with Crippen LogP contribution in [0.4, 0.5) is 10.5 Å². The number of alkyl carbamates (subject to hydrolysis) is 1. The third kappa shape index (κ3) is 5.99. The maximum Gasteiger partial charge on any atom is 0.407 e. The van der Waals surface area contributed by atoms with Gasteiger partial charge in [-0.15, -0.1) is 0 Å². The number of hydrogen-bond acceptors (Lipinski definition) is 5. The first kappa shape index (κ1) is 20.2. The van der Waals surface area contributed by atoms with Crippen molar-refractivity contribution in [2.45, 2.75) is 46.8 Å². The average molecular weight is 372 g/mol. The molecule has 0 atom stereocenters. The Morgan fingerprint density at radius 1 is 1.07 bits per heavy atom. The third-order valence-corrected chi connectivity index (χ3v) is 3.78. The van der Waals surface area contributed by atoms with Crippen molar-refractivity contribution in [2.75, 3.05) is 0 Å².